The lowest BCUT2D eigenvalue weighted by Crippen LogP contribution is -2.34. The maximum Gasteiger partial charge on any atom is 0.361 e. The molecule has 0 aliphatic carbocycles. The van der Waals surface area contributed by atoms with Crippen LogP contribution < -0.4 is 9.64 Å². The molecule has 5 rings (SSSR count). The van der Waals surface area contributed by atoms with Gasteiger partial charge in [0.25, 0.3) is 0 Å². The Kier molecular flexibility index (Phi) is 9.41. The first kappa shape index (κ1) is 30.2. The number of benzene rings is 3. The van der Waals surface area contributed by atoms with Crippen molar-refractivity contribution < 1.29 is 19.4 Å². The smallest absolute Gasteiger partial charge is 0.361 e. The van der Waals surface area contributed by atoms with Gasteiger partial charge in [-0.2, -0.15) is 0 Å². The standard InChI is InChI=1S/C36H41N3O4/c1-25-34(42-24-28-8-6-5-7-9-28)33(35(41)43-36(2,3)4)38-32(37-25)22-26-18-20-39(21-19-26)31-16-14-30(15-17-31)29-12-10-27(23-40)11-13-29/h5-17,26,40H,18-24H2,1-4H3. The Hall–Kier alpha value is -4.23. The summed E-state index contributed by atoms with van der Waals surface area (Å²) >= 11 is 0. The molecule has 3 aromatic carbocycles. The Morgan fingerprint density at radius 2 is 1.51 bits per heavy atom. The van der Waals surface area contributed by atoms with E-state index in [-0.39, 0.29) is 12.3 Å². The van der Waals surface area contributed by atoms with Crippen molar-refractivity contribution in [1.29, 1.82) is 0 Å². The third-order valence-electron chi connectivity index (χ3n) is 7.69. The Bertz CT molecular complexity index is 1510. The van der Waals surface area contributed by atoms with E-state index in [9.17, 15) is 9.90 Å². The molecule has 7 heteroatoms. The average Bonchev–Trinajstić information content (AvgIpc) is 3.00. The first-order valence-electron chi connectivity index (χ1n) is 15.0. The first-order chi connectivity index (χ1) is 20.7. The van der Waals surface area contributed by atoms with Gasteiger partial charge in [-0.25, -0.2) is 14.8 Å². The number of esters is 1. The van der Waals surface area contributed by atoms with Gasteiger partial charge in [-0.1, -0.05) is 66.7 Å². The van der Waals surface area contributed by atoms with Gasteiger partial charge in [0.1, 0.15) is 18.0 Å². The lowest BCUT2D eigenvalue weighted by Gasteiger charge is -2.33. The molecule has 1 fully saturated rings. The largest absolute Gasteiger partial charge is 0.484 e. The number of aromatic nitrogens is 2. The molecule has 1 aliphatic rings. The highest BCUT2D eigenvalue weighted by Gasteiger charge is 2.27. The molecule has 1 saturated heterocycles. The average molecular weight is 580 g/mol. The summed E-state index contributed by atoms with van der Waals surface area (Å²) in [5, 5.41) is 9.29. The molecule has 0 saturated carbocycles. The maximum atomic E-state index is 13.2. The van der Waals surface area contributed by atoms with Crippen molar-refractivity contribution in [3.8, 4) is 16.9 Å². The van der Waals surface area contributed by atoms with Crippen LogP contribution in [-0.2, 0) is 24.4 Å². The molecule has 224 valence electrons. The zero-order valence-electron chi connectivity index (χ0n) is 25.5. The number of aryl methyl sites for hydroxylation is 1. The van der Waals surface area contributed by atoms with Crippen LogP contribution in [0, 0.1) is 12.8 Å². The molecule has 0 spiro atoms. The van der Waals surface area contributed by atoms with Gasteiger partial charge in [0, 0.05) is 25.2 Å². The number of aliphatic hydroxyl groups excluding tert-OH is 1. The molecular formula is C36H41N3O4. The molecule has 2 heterocycles. The number of nitrogens with zero attached hydrogens (tertiary/aromatic N) is 3. The van der Waals surface area contributed by atoms with Crippen molar-refractivity contribution in [1.82, 2.24) is 9.97 Å². The molecule has 1 aromatic heterocycles. The zero-order valence-corrected chi connectivity index (χ0v) is 25.5. The molecule has 0 atom stereocenters. The van der Waals surface area contributed by atoms with E-state index in [1.165, 1.54) is 5.69 Å². The summed E-state index contributed by atoms with van der Waals surface area (Å²) in [4.78, 5) is 25.1. The van der Waals surface area contributed by atoms with Crippen LogP contribution in [0.2, 0.25) is 0 Å². The second-order valence-electron chi connectivity index (χ2n) is 12.2. The normalized spacial score (nSPS) is 14.0. The number of anilines is 1. The molecule has 1 aliphatic heterocycles. The van der Waals surface area contributed by atoms with Crippen molar-refractivity contribution >= 4 is 11.7 Å². The third-order valence-corrected chi connectivity index (χ3v) is 7.69. The quantitative estimate of drug-likeness (QED) is 0.215. The summed E-state index contributed by atoms with van der Waals surface area (Å²) in [6, 6.07) is 26.5. The van der Waals surface area contributed by atoms with Crippen molar-refractivity contribution in [2.24, 2.45) is 5.92 Å². The van der Waals surface area contributed by atoms with E-state index in [2.05, 4.69) is 29.2 Å². The van der Waals surface area contributed by atoms with Gasteiger partial charge in [-0.3, -0.25) is 0 Å². The fraction of sp³-hybridized carbons (Fsp3) is 0.361. The van der Waals surface area contributed by atoms with Gasteiger partial charge in [0.2, 0.25) is 0 Å². The highest BCUT2D eigenvalue weighted by molar-refractivity contribution is 5.91. The van der Waals surface area contributed by atoms with Gasteiger partial charge in [-0.15, -0.1) is 0 Å². The van der Waals surface area contributed by atoms with E-state index in [1.807, 2.05) is 82.3 Å². The van der Waals surface area contributed by atoms with E-state index in [0.717, 1.165) is 48.2 Å². The number of hydrogen-bond donors (Lipinski definition) is 1. The van der Waals surface area contributed by atoms with Crippen LogP contribution in [0.4, 0.5) is 5.69 Å². The lowest BCUT2D eigenvalue weighted by atomic mass is 9.92. The van der Waals surface area contributed by atoms with Crippen molar-refractivity contribution in [2.75, 3.05) is 18.0 Å². The number of carbonyl (C=O) groups excluding carboxylic acids is 1. The van der Waals surface area contributed by atoms with Gasteiger partial charge >= 0.3 is 5.97 Å². The fourth-order valence-electron chi connectivity index (χ4n) is 5.40. The number of aliphatic hydroxyl groups is 1. The van der Waals surface area contributed by atoms with Crippen LogP contribution in [0.3, 0.4) is 0 Å². The Morgan fingerprint density at radius 3 is 2.12 bits per heavy atom. The summed E-state index contributed by atoms with van der Waals surface area (Å²) in [7, 11) is 0. The highest BCUT2D eigenvalue weighted by Crippen LogP contribution is 2.30. The fourth-order valence-corrected chi connectivity index (χ4v) is 5.40. The minimum absolute atomic E-state index is 0.0558. The van der Waals surface area contributed by atoms with Crippen LogP contribution >= 0.6 is 0 Å². The summed E-state index contributed by atoms with van der Waals surface area (Å²) in [6.45, 7) is 9.68. The molecular weight excluding hydrogens is 538 g/mol. The second kappa shape index (κ2) is 13.4. The number of ether oxygens (including phenoxy) is 2. The number of piperidine rings is 1. The van der Waals surface area contributed by atoms with E-state index in [4.69, 9.17) is 19.4 Å². The third kappa shape index (κ3) is 7.99. The minimum Gasteiger partial charge on any atom is -0.484 e. The van der Waals surface area contributed by atoms with Crippen molar-refractivity contribution in [3.63, 3.8) is 0 Å². The van der Waals surface area contributed by atoms with E-state index >= 15 is 0 Å². The lowest BCUT2D eigenvalue weighted by molar-refractivity contribution is 0.00572. The SMILES string of the molecule is Cc1nc(CC2CCN(c3ccc(-c4ccc(CO)cc4)cc3)CC2)nc(C(=O)OC(C)(C)C)c1OCc1ccccc1. The molecule has 0 radical (unpaired) electrons. The predicted octanol–water partition coefficient (Wildman–Crippen LogP) is 6.94. The molecule has 1 N–H and O–H groups in total. The Labute approximate surface area is 254 Å². The molecule has 4 aromatic rings. The molecule has 0 amide bonds. The van der Waals surface area contributed by atoms with E-state index in [1.54, 1.807) is 0 Å². The summed E-state index contributed by atoms with van der Waals surface area (Å²) in [6.07, 6.45) is 2.73. The number of hydrogen-bond acceptors (Lipinski definition) is 7. The molecule has 0 unspecified atom stereocenters. The maximum absolute atomic E-state index is 13.2. The second-order valence-corrected chi connectivity index (χ2v) is 12.2. The summed E-state index contributed by atoms with van der Waals surface area (Å²) < 4.78 is 11.8. The zero-order chi connectivity index (χ0) is 30.4. The summed E-state index contributed by atoms with van der Waals surface area (Å²) in [5.41, 5.74) is 5.61. The van der Waals surface area contributed by atoms with Crippen LogP contribution in [0.15, 0.2) is 78.9 Å². The van der Waals surface area contributed by atoms with Gasteiger partial charge in [0.05, 0.1) is 12.3 Å². The minimum atomic E-state index is -0.650. The number of carbonyl (C=O) groups is 1. The van der Waals surface area contributed by atoms with E-state index in [0.29, 0.717) is 36.2 Å². The van der Waals surface area contributed by atoms with E-state index < -0.39 is 11.6 Å². The highest BCUT2D eigenvalue weighted by atomic mass is 16.6. The van der Waals surface area contributed by atoms with Crippen molar-refractivity contribution in [3.05, 3.63) is 107 Å². The monoisotopic (exact) mass is 579 g/mol. The van der Waals surface area contributed by atoms with Gasteiger partial charge in [-0.05, 0) is 80.8 Å². The van der Waals surface area contributed by atoms with Crippen molar-refractivity contribution in [2.45, 2.75) is 65.8 Å². The van der Waals surface area contributed by atoms with Gasteiger partial charge in [0.15, 0.2) is 11.4 Å². The van der Waals surface area contributed by atoms with Crippen LogP contribution in [-0.4, -0.2) is 39.7 Å². The number of rotatable bonds is 9. The predicted molar refractivity (Wildman–Crippen MR) is 169 cm³/mol. The Balaban J connectivity index is 1.24. The van der Waals surface area contributed by atoms with Crippen LogP contribution in [0.5, 0.6) is 5.75 Å². The first-order valence-corrected chi connectivity index (χ1v) is 15.0. The van der Waals surface area contributed by atoms with Gasteiger partial charge < -0.3 is 19.5 Å². The van der Waals surface area contributed by atoms with Crippen LogP contribution in [0.25, 0.3) is 11.1 Å². The molecule has 43 heavy (non-hydrogen) atoms. The molecule has 7 nitrogen and oxygen atoms in total. The Morgan fingerprint density at radius 1 is 0.884 bits per heavy atom. The van der Waals surface area contributed by atoms with Crippen LogP contribution in [0.1, 0.15) is 66.7 Å². The topological polar surface area (TPSA) is 84.8 Å². The summed E-state index contributed by atoms with van der Waals surface area (Å²) in [5.74, 6) is 0.956. The molecule has 0 bridgehead atoms.